The van der Waals surface area contributed by atoms with Gasteiger partial charge in [0.2, 0.25) is 5.91 Å². The largest absolute Gasteiger partial charge is 0.497 e. The number of thioether (sulfide) groups is 1. The lowest BCUT2D eigenvalue weighted by Gasteiger charge is -2.56. The van der Waals surface area contributed by atoms with Crippen molar-refractivity contribution in [2.24, 2.45) is 23.2 Å². The highest BCUT2D eigenvalue weighted by Gasteiger charge is 2.51. The molecule has 4 aliphatic carbocycles. The molecule has 8 heteroatoms. The lowest BCUT2D eigenvalue weighted by Crippen LogP contribution is -2.47. The van der Waals surface area contributed by atoms with Crippen LogP contribution in [0.5, 0.6) is 11.5 Å². The lowest BCUT2D eigenvalue weighted by molar-refractivity contribution is -0.113. The third-order valence-corrected chi connectivity index (χ3v) is 8.78. The average Bonchev–Trinajstić information content (AvgIpc) is 3.17. The molecular weight excluding hydrogens is 448 g/mol. The molecule has 2 aromatic rings. The maximum absolute atomic E-state index is 12.7. The van der Waals surface area contributed by atoms with Crippen molar-refractivity contribution in [3.8, 4) is 11.5 Å². The van der Waals surface area contributed by atoms with Gasteiger partial charge in [-0.1, -0.05) is 17.8 Å². The summed E-state index contributed by atoms with van der Waals surface area (Å²) in [4.78, 5) is 12.7. The van der Waals surface area contributed by atoms with E-state index in [0.717, 1.165) is 35.2 Å². The van der Waals surface area contributed by atoms with Gasteiger partial charge in [-0.25, -0.2) is 0 Å². The Morgan fingerprint density at radius 3 is 2.50 bits per heavy atom. The van der Waals surface area contributed by atoms with Crippen LogP contribution in [0.25, 0.3) is 0 Å². The van der Waals surface area contributed by atoms with Crippen molar-refractivity contribution in [2.45, 2.75) is 56.6 Å². The number of benzene rings is 1. The van der Waals surface area contributed by atoms with Gasteiger partial charge in [-0.05, 0) is 73.8 Å². The molecular formula is C26H34N4O3S. The molecule has 0 saturated heterocycles. The van der Waals surface area contributed by atoms with Crippen LogP contribution in [0.3, 0.4) is 0 Å². The van der Waals surface area contributed by atoms with Crippen LogP contribution in [0.4, 0.5) is 5.69 Å². The van der Waals surface area contributed by atoms with E-state index >= 15 is 0 Å². The number of hydrogen-bond donors (Lipinski definition) is 1. The summed E-state index contributed by atoms with van der Waals surface area (Å²) < 4.78 is 12.8. The molecule has 4 saturated carbocycles. The van der Waals surface area contributed by atoms with Crippen molar-refractivity contribution < 1.29 is 14.3 Å². The fraction of sp³-hybridized carbons (Fsp3) is 0.577. The number of allylic oxidation sites excluding steroid dienone is 1. The number of carbonyl (C=O) groups excluding carboxylic acids is 1. The van der Waals surface area contributed by atoms with Crippen LogP contribution in [0.15, 0.2) is 36.0 Å². The Balaban J connectivity index is 1.26. The Bertz CT molecular complexity index is 1030. The number of amides is 1. The summed E-state index contributed by atoms with van der Waals surface area (Å²) in [6.45, 7) is 4.60. The van der Waals surface area contributed by atoms with Gasteiger partial charge in [-0.15, -0.1) is 16.8 Å². The van der Waals surface area contributed by atoms with Gasteiger partial charge in [0.1, 0.15) is 17.3 Å². The molecule has 1 amide bonds. The van der Waals surface area contributed by atoms with Crippen LogP contribution in [0.1, 0.15) is 44.3 Å². The molecule has 6 rings (SSSR count). The van der Waals surface area contributed by atoms with E-state index in [0.29, 0.717) is 29.1 Å². The zero-order valence-corrected chi connectivity index (χ0v) is 20.9. The van der Waals surface area contributed by atoms with Gasteiger partial charge < -0.3 is 19.4 Å². The highest BCUT2D eigenvalue weighted by molar-refractivity contribution is 7.99. The minimum atomic E-state index is -0.132. The second-order valence-corrected chi connectivity index (χ2v) is 11.2. The topological polar surface area (TPSA) is 78.3 Å². The molecule has 0 radical (unpaired) electrons. The van der Waals surface area contributed by atoms with E-state index < -0.39 is 0 Å². The molecule has 1 aromatic carbocycles. The van der Waals surface area contributed by atoms with Crippen molar-refractivity contribution in [3.05, 3.63) is 36.7 Å². The molecule has 4 aliphatic rings. The van der Waals surface area contributed by atoms with Crippen LogP contribution in [0, 0.1) is 23.2 Å². The summed E-state index contributed by atoms with van der Waals surface area (Å²) in [6.07, 6.45) is 11.2. The smallest absolute Gasteiger partial charge is 0.234 e. The molecule has 0 aliphatic heterocycles. The first-order valence-corrected chi connectivity index (χ1v) is 13.2. The lowest BCUT2D eigenvalue weighted by atomic mass is 9.49. The highest BCUT2D eigenvalue weighted by atomic mass is 32.2. The molecule has 7 nitrogen and oxygen atoms in total. The molecule has 182 valence electrons. The number of carbonyl (C=O) groups is 1. The third kappa shape index (κ3) is 4.69. The van der Waals surface area contributed by atoms with Gasteiger partial charge in [-0.2, -0.15) is 0 Å². The Morgan fingerprint density at radius 1 is 1.18 bits per heavy atom. The molecule has 1 heterocycles. The SMILES string of the molecule is C=CCn1c(CC23CC4CC(CC(C4)C2)C3)nnc1SCC(=O)Nc1cc(OC)ccc1OC. The Hall–Kier alpha value is -2.48. The van der Waals surface area contributed by atoms with E-state index in [1.165, 1.54) is 50.3 Å². The van der Waals surface area contributed by atoms with Gasteiger partial charge in [0, 0.05) is 19.0 Å². The average molecular weight is 483 g/mol. The molecule has 0 spiro atoms. The van der Waals surface area contributed by atoms with Crippen LogP contribution >= 0.6 is 11.8 Å². The molecule has 4 fully saturated rings. The number of nitrogens with zero attached hydrogens (tertiary/aromatic N) is 3. The number of nitrogens with one attached hydrogen (secondary N) is 1. The number of rotatable bonds is 10. The number of methoxy groups -OCH3 is 2. The Kier molecular flexibility index (Phi) is 6.60. The van der Waals surface area contributed by atoms with Crippen molar-refractivity contribution in [1.82, 2.24) is 14.8 Å². The van der Waals surface area contributed by atoms with E-state index in [1.54, 1.807) is 32.4 Å². The standard InChI is InChI=1S/C26H34N4O3S/c1-4-7-30-23(15-26-12-17-8-18(13-26)10-19(9-17)14-26)28-29-25(30)34-16-24(31)27-21-11-20(32-2)5-6-22(21)33-3/h4-6,11,17-19H,1,7-10,12-16H2,2-3H3,(H,27,31). The predicted molar refractivity (Wildman–Crippen MR) is 133 cm³/mol. The van der Waals surface area contributed by atoms with E-state index in [-0.39, 0.29) is 11.7 Å². The second kappa shape index (κ2) is 9.64. The second-order valence-electron chi connectivity index (χ2n) is 10.3. The minimum absolute atomic E-state index is 0.132. The predicted octanol–water partition coefficient (Wildman–Crippen LogP) is 4.97. The zero-order valence-electron chi connectivity index (χ0n) is 20.1. The van der Waals surface area contributed by atoms with Crippen LogP contribution < -0.4 is 14.8 Å². The molecule has 4 bridgehead atoms. The molecule has 0 atom stereocenters. The Labute approximate surface area is 205 Å². The quantitative estimate of drug-likeness (QED) is 0.380. The summed E-state index contributed by atoms with van der Waals surface area (Å²) in [5, 5.41) is 12.8. The fourth-order valence-corrected chi connectivity index (χ4v) is 7.71. The number of anilines is 1. The normalized spacial score (nSPS) is 26.9. The molecule has 0 unspecified atom stereocenters. The van der Waals surface area contributed by atoms with E-state index in [2.05, 4.69) is 26.7 Å². The number of ether oxygens (including phenoxy) is 2. The van der Waals surface area contributed by atoms with E-state index in [9.17, 15) is 4.79 Å². The van der Waals surface area contributed by atoms with Gasteiger partial charge in [-0.3, -0.25) is 4.79 Å². The summed E-state index contributed by atoms with van der Waals surface area (Å²) in [7, 11) is 3.17. The first kappa shape index (κ1) is 23.3. The summed E-state index contributed by atoms with van der Waals surface area (Å²) in [6, 6.07) is 5.33. The molecule has 34 heavy (non-hydrogen) atoms. The molecule has 1 N–H and O–H groups in total. The monoisotopic (exact) mass is 482 g/mol. The maximum atomic E-state index is 12.7. The van der Waals surface area contributed by atoms with Crippen molar-refractivity contribution >= 4 is 23.4 Å². The van der Waals surface area contributed by atoms with Crippen molar-refractivity contribution in [2.75, 3.05) is 25.3 Å². The summed E-state index contributed by atoms with van der Waals surface area (Å²) >= 11 is 1.41. The summed E-state index contributed by atoms with van der Waals surface area (Å²) in [5.41, 5.74) is 0.977. The molecule has 1 aromatic heterocycles. The van der Waals surface area contributed by atoms with Gasteiger partial charge in [0.05, 0.1) is 25.7 Å². The first-order chi connectivity index (χ1) is 16.5. The summed E-state index contributed by atoms with van der Waals surface area (Å²) in [5.74, 6) is 5.12. The fourth-order valence-electron chi connectivity index (χ4n) is 6.94. The van der Waals surface area contributed by atoms with Gasteiger partial charge in [0.15, 0.2) is 5.16 Å². The van der Waals surface area contributed by atoms with E-state index in [4.69, 9.17) is 9.47 Å². The van der Waals surface area contributed by atoms with Crippen LogP contribution in [-0.2, 0) is 17.8 Å². The minimum Gasteiger partial charge on any atom is -0.497 e. The van der Waals surface area contributed by atoms with Crippen LogP contribution in [-0.4, -0.2) is 40.6 Å². The number of aromatic nitrogens is 3. The number of hydrogen-bond acceptors (Lipinski definition) is 6. The maximum Gasteiger partial charge on any atom is 0.234 e. The Morgan fingerprint density at radius 2 is 1.88 bits per heavy atom. The third-order valence-electron chi connectivity index (χ3n) is 7.82. The highest BCUT2D eigenvalue weighted by Crippen LogP contribution is 2.61. The first-order valence-electron chi connectivity index (χ1n) is 12.2. The van der Waals surface area contributed by atoms with Gasteiger partial charge >= 0.3 is 0 Å². The van der Waals surface area contributed by atoms with E-state index in [1.807, 2.05) is 6.08 Å². The zero-order chi connectivity index (χ0) is 23.7. The van der Waals surface area contributed by atoms with Crippen molar-refractivity contribution in [3.63, 3.8) is 0 Å². The van der Waals surface area contributed by atoms with Crippen molar-refractivity contribution in [1.29, 1.82) is 0 Å². The van der Waals surface area contributed by atoms with Crippen LogP contribution in [0.2, 0.25) is 0 Å². The van der Waals surface area contributed by atoms with Gasteiger partial charge in [0.25, 0.3) is 0 Å².